The minimum atomic E-state index is -1.33. The minimum absolute atomic E-state index is 0.000376. The molecule has 1 aromatic carbocycles. The highest BCUT2D eigenvalue weighted by atomic mass is 35.5. The van der Waals surface area contributed by atoms with Crippen LogP contribution in [0.25, 0.3) is 10.9 Å². The predicted octanol–water partition coefficient (Wildman–Crippen LogP) is 2.61. The second-order valence-electron chi connectivity index (χ2n) is 7.28. The zero-order valence-electron chi connectivity index (χ0n) is 14.2. The Bertz CT molecular complexity index is 976. The van der Waals surface area contributed by atoms with Crippen LogP contribution >= 0.6 is 11.6 Å². The van der Waals surface area contributed by atoms with Crippen molar-refractivity contribution in [1.82, 2.24) is 4.57 Å². The van der Waals surface area contributed by atoms with Gasteiger partial charge < -0.3 is 20.3 Å². The molecule has 2 aliphatic rings. The number of hydrogen-bond donors (Lipinski definition) is 2. The molecule has 2 heterocycles. The predicted molar refractivity (Wildman–Crippen MR) is 97.8 cm³/mol. The fourth-order valence-electron chi connectivity index (χ4n) is 3.69. The van der Waals surface area contributed by atoms with Crippen LogP contribution in [0.2, 0.25) is 5.02 Å². The molecule has 1 aliphatic carbocycles. The summed E-state index contributed by atoms with van der Waals surface area (Å²) in [5, 5.41) is 9.45. The molecule has 2 unspecified atom stereocenters. The third kappa shape index (κ3) is 2.57. The van der Waals surface area contributed by atoms with E-state index in [0.717, 1.165) is 18.9 Å². The molecule has 2 fully saturated rings. The van der Waals surface area contributed by atoms with Crippen molar-refractivity contribution in [1.29, 1.82) is 0 Å². The zero-order valence-corrected chi connectivity index (χ0v) is 15.0. The van der Waals surface area contributed by atoms with Crippen molar-refractivity contribution < 1.29 is 14.3 Å². The Kier molecular flexibility index (Phi) is 3.96. The Morgan fingerprint density at radius 3 is 2.62 bits per heavy atom. The van der Waals surface area contributed by atoms with Gasteiger partial charge in [0.05, 0.1) is 21.6 Å². The summed E-state index contributed by atoms with van der Waals surface area (Å²) in [5.41, 5.74) is 5.60. The van der Waals surface area contributed by atoms with E-state index in [-0.39, 0.29) is 39.7 Å². The van der Waals surface area contributed by atoms with Gasteiger partial charge in [0.15, 0.2) is 0 Å². The smallest absolute Gasteiger partial charge is 0.341 e. The van der Waals surface area contributed by atoms with Crippen LogP contribution in [0, 0.1) is 11.7 Å². The lowest BCUT2D eigenvalue weighted by Gasteiger charge is -2.23. The van der Waals surface area contributed by atoms with Crippen LogP contribution < -0.4 is 16.1 Å². The van der Waals surface area contributed by atoms with E-state index in [4.69, 9.17) is 17.3 Å². The summed E-state index contributed by atoms with van der Waals surface area (Å²) >= 11 is 6.57. The molecule has 0 spiro atoms. The number of nitrogens with two attached hydrogens (primary N) is 1. The lowest BCUT2D eigenvalue weighted by atomic mass is 10.1. The van der Waals surface area contributed by atoms with Gasteiger partial charge in [-0.2, -0.15) is 0 Å². The molecular weight excluding hydrogens is 361 g/mol. The number of fused-ring (bicyclic) bond motifs is 1. The van der Waals surface area contributed by atoms with E-state index >= 15 is 0 Å². The summed E-state index contributed by atoms with van der Waals surface area (Å²) in [6, 6.07) is 1.10. The first-order chi connectivity index (χ1) is 12.3. The number of nitrogens with zero attached hydrogens (tertiary/aromatic N) is 2. The number of carbonyl (C=O) groups is 1. The number of aromatic nitrogens is 1. The van der Waals surface area contributed by atoms with Crippen molar-refractivity contribution in [2.45, 2.75) is 31.8 Å². The Labute approximate surface area is 154 Å². The Morgan fingerprint density at radius 2 is 2.08 bits per heavy atom. The molecule has 2 atom stereocenters. The molecule has 138 valence electrons. The number of anilines is 1. The summed E-state index contributed by atoms with van der Waals surface area (Å²) in [6.45, 7) is 3.05. The van der Waals surface area contributed by atoms with Gasteiger partial charge in [0.25, 0.3) is 0 Å². The molecule has 1 saturated heterocycles. The van der Waals surface area contributed by atoms with Crippen LogP contribution in [0.4, 0.5) is 10.1 Å². The molecule has 3 N–H and O–H groups in total. The maximum Gasteiger partial charge on any atom is 0.341 e. The average molecular weight is 380 g/mol. The number of rotatable bonds is 3. The molecule has 1 aliphatic heterocycles. The largest absolute Gasteiger partial charge is 0.477 e. The summed E-state index contributed by atoms with van der Waals surface area (Å²) in [5.74, 6) is -1.77. The molecule has 8 heteroatoms. The molecule has 26 heavy (non-hydrogen) atoms. The first kappa shape index (κ1) is 17.3. The SMILES string of the molecule is CC1CN(c2c(F)cc3c(=O)c(C(=O)O)cn(C4CC4)c3c2Cl)CC1N. The fourth-order valence-corrected chi connectivity index (χ4v) is 4.10. The first-order valence-electron chi connectivity index (χ1n) is 8.60. The standard InChI is InChI=1S/C18H19ClFN3O3/c1-8-5-22(7-13(8)21)16-12(20)4-10-15(14(16)19)23(9-2-3-9)6-11(17(10)24)18(25)26/h4,6,8-9,13H,2-3,5,7,21H2,1H3,(H,25,26). The van der Waals surface area contributed by atoms with Gasteiger partial charge in [-0.3, -0.25) is 4.79 Å². The van der Waals surface area contributed by atoms with E-state index in [1.165, 1.54) is 6.20 Å². The second-order valence-corrected chi connectivity index (χ2v) is 7.66. The first-order valence-corrected chi connectivity index (χ1v) is 8.98. The van der Waals surface area contributed by atoms with Gasteiger partial charge in [0, 0.05) is 31.4 Å². The summed E-state index contributed by atoms with van der Waals surface area (Å²) in [4.78, 5) is 25.8. The number of aromatic carboxylic acids is 1. The number of pyridine rings is 1. The maximum absolute atomic E-state index is 14.9. The van der Waals surface area contributed by atoms with Crippen LogP contribution in [0.1, 0.15) is 36.2 Å². The molecule has 1 aromatic heterocycles. The number of benzene rings is 1. The van der Waals surface area contributed by atoms with Gasteiger partial charge in [0.2, 0.25) is 5.43 Å². The summed E-state index contributed by atoms with van der Waals surface area (Å²) in [6.07, 6.45) is 3.06. The Hall–Kier alpha value is -2.12. The van der Waals surface area contributed by atoms with Gasteiger partial charge in [0.1, 0.15) is 11.4 Å². The van der Waals surface area contributed by atoms with Gasteiger partial charge in [-0.05, 0) is 24.8 Å². The topological polar surface area (TPSA) is 88.6 Å². The number of carboxylic acid groups (broad SMARTS) is 1. The fraction of sp³-hybridized carbons (Fsp3) is 0.444. The Morgan fingerprint density at radius 1 is 1.38 bits per heavy atom. The summed E-state index contributed by atoms with van der Waals surface area (Å²) < 4.78 is 16.6. The van der Waals surface area contributed by atoms with E-state index in [1.807, 2.05) is 6.92 Å². The highest BCUT2D eigenvalue weighted by Gasteiger charge is 2.33. The highest BCUT2D eigenvalue weighted by Crippen LogP contribution is 2.42. The van der Waals surface area contributed by atoms with Crippen LogP contribution in [-0.2, 0) is 0 Å². The normalized spacial score (nSPS) is 23.0. The van der Waals surface area contributed by atoms with Crippen molar-refractivity contribution in [3.05, 3.63) is 38.9 Å². The average Bonchev–Trinajstić information content (AvgIpc) is 3.35. The molecule has 0 amide bonds. The number of halogens is 2. The monoisotopic (exact) mass is 379 g/mol. The maximum atomic E-state index is 14.9. The lowest BCUT2D eigenvalue weighted by Crippen LogP contribution is -2.29. The lowest BCUT2D eigenvalue weighted by molar-refractivity contribution is 0.0695. The number of hydrogen-bond acceptors (Lipinski definition) is 4. The van der Waals surface area contributed by atoms with Crippen molar-refractivity contribution in [3.8, 4) is 0 Å². The molecule has 4 rings (SSSR count). The third-order valence-electron chi connectivity index (χ3n) is 5.34. The molecule has 6 nitrogen and oxygen atoms in total. The van der Waals surface area contributed by atoms with E-state index in [1.54, 1.807) is 9.47 Å². The Balaban J connectivity index is 2.00. The van der Waals surface area contributed by atoms with Crippen LogP contribution in [0.15, 0.2) is 17.1 Å². The van der Waals surface area contributed by atoms with E-state index in [9.17, 15) is 19.1 Å². The quantitative estimate of drug-likeness (QED) is 0.855. The van der Waals surface area contributed by atoms with Crippen LogP contribution in [0.5, 0.6) is 0 Å². The zero-order chi connectivity index (χ0) is 18.7. The third-order valence-corrected chi connectivity index (χ3v) is 5.70. The molecule has 2 aromatic rings. The molecule has 0 bridgehead atoms. The van der Waals surface area contributed by atoms with Crippen molar-refractivity contribution in [2.75, 3.05) is 18.0 Å². The molecule has 0 radical (unpaired) electrons. The van der Waals surface area contributed by atoms with Gasteiger partial charge in [-0.15, -0.1) is 0 Å². The van der Waals surface area contributed by atoms with Crippen molar-refractivity contribution in [3.63, 3.8) is 0 Å². The van der Waals surface area contributed by atoms with E-state index < -0.39 is 17.2 Å². The van der Waals surface area contributed by atoms with Gasteiger partial charge in [-0.1, -0.05) is 18.5 Å². The minimum Gasteiger partial charge on any atom is -0.477 e. The van der Waals surface area contributed by atoms with Crippen LogP contribution in [0.3, 0.4) is 0 Å². The summed E-state index contributed by atoms with van der Waals surface area (Å²) in [7, 11) is 0. The van der Waals surface area contributed by atoms with E-state index in [0.29, 0.717) is 18.6 Å². The van der Waals surface area contributed by atoms with Crippen molar-refractivity contribution >= 4 is 34.2 Å². The highest BCUT2D eigenvalue weighted by molar-refractivity contribution is 6.38. The van der Waals surface area contributed by atoms with Gasteiger partial charge in [-0.25, -0.2) is 9.18 Å². The van der Waals surface area contributed by atoms with Gasteiger partial charge >= 0.3 is 5.97 Å². The molecule has 1 saturated carbocycles. The second kappa shape index (κ2) is 5.96. The van der Waals surface area contributed by atoms with E-state index in [2.05, 4.69) is 0 Å². The van der Waals surface area contributed by atoms with Crippen molar-refractivity contribution in [2.24, 2.45) is 11.7 Å². The number of carboxylic acids is 1. The molecular formula is C18H19ClFN3O3. The van der Waals surface area contributed by atoms with Crippen LogP contribution in [-0.4, -0.2) is 34.8 Å².